The Hall–Kier alpha value is -1.26. The number of rotatable bonds is 7. The van der Waals surface area contributed by atoms with Crippen molar-refractivity contribution in [2.75, 3.05) is 38.5 Å². The molecular weight excluding hydrogens is 364 g/mol. The van der Waals surface area contributed by atoms with Crippen molar-refractivity contribution in [3.05, 3.63) is 22.8 Å². The summed E-state index contributed by atoms with van der Waals surface area (Å²) in [6, 6.07) is 0. The van der Waals surface area contributed by atoms with Gasteiger partial charge in [-0.2, -0.15) is 4.98 Å². The number of hydrogen-bond donors (Lipinski definition) is 1. The standard InChI is InChI=1S/C15H24N6O2S.ClH/c1-3-22-11(2)14-18-13(23-19-14)10-21-6-4-20(5-7-21)9-12-8-17-15(16)24-12;/h8,11H,3-7,9-10H2,1-2H3,(H2,16,17);1H. The molecule has 0 radical (unpaired) electrons. The Kier molecular flexibility index (Phi) is 7.57. The Morgan fingerprint density at radius 1 is 1.28 bits per heavy atom. The maximum absolute atomic E-state index is 5.68. The average Bonchev–Trinajstić information content (AvgIpc) is 3.19. The molecule has 0 spiro atoms. The van der Waals surface area contributed by atoms with Gasteiger partial charge in [0.1, 0.15) is 6.10 Å². The molecule has 2 N–H and O–H groups in total. The van der Waals surface area contributed by atoms with Crippen molar-refractivity contribution in [2.24, 2.45) is 0 Å². The zero-order chi connectivity index (χ0) is 16.9. The van der Waals surface area contributed by atoms with Gasteiger partial charge in [0.05, 0.1) is 6.54 Å². The molecule has 1 aliphatic heterocycles. The number of nitrogens with zero attached hydrogens (tertiary/aromatic N) is 5. The molecule has 8 nitrogen and oxygen atoms in total. The summed E-state index contributed by atoms with van der Waals surface area (Å²) in [5.41, 5.74) is 5.68. The van der Waals surface area contributed by atoms with E-state index in [0.29, 0.717) is 30.0 Å². The van der Waals surface area contributed by atoms with Crippen LogP contribution in [0.5, 0.6) is 0 Å². The molecule has 3 heterocycles. The third-order valence-corrected chi connectivity index (χ3v) is 4.85. The molecule has 1 fully saturated rings. The van der Waals surface area contributed by atoms with Gasteiger partial charge in [-0.3, -0.25) is 9.80 Å². The van der Waals surface area contributed by atoms with E-state index in [0.717, 1.165) is 32.7 Å². The average molecular weight is 389 g/mol. The highest BCUT2D eigenvalue weighted by Crippen LogP contribution is 2.18. The van der Waals surface area contributed by atoms with E-state index in [-0.39, 0.29) is 18.5 Å². The smallest absolute Gasteiger partial charge is 0.240 e. The Morgan fingerprint density at radius 2 is 1.96 bits per heavy atom. The lowest BCUT2D eigenvalue weighted by Crippen LogP contribution is -2.45. The summed E-state index contributed by atoms with van der Waals surface area (Å²) in [5, 5.41) is 4.64. The van der Waals surface area contributed by atoms with Crippen LogP contribution in [0, 0.1) is 0 Å². The van der Waals surface area contributed by atoms with Gasteiger partial charge >= 0.3 is 0 Å². The molecule has 1 aliphatic rings. The van der Waals surface area contributed by atoms with E-state index < -0.39 is 0 Å². The van der Waals surface area contributed by atoms with Crippen LogP contribution in [-0.4, -0.2) is 57.7 Å². The summed E-state index contributed by atoms with van der Waals surface area (Å²) in [6.07, 6.45) is 1.74. The number of piperazine rings is 1. The maximum Gasteiger partial charge on any atom is 0.240 e. The van der Waals surface area contributed by atoms with Crippen molar-refractivity contribution >= 4 is 28.9 Å². The summed E-state index contributed by atoms with van der Waals surface area (Å²) < 4.78 is 10.8. The first kappa shape index (κ1) is 20.1. The Bertz CT molecular complexity index is 644. The van der Waals surface area contributed by atoms with Gasteiger partial charge in [0.2, 0.25) is 5.89 Å². The molecule has 140 valence electrons. The predicted molar refractivity (Wildman–Crippen MR) is 98.7 cm³/mol. The Morgan fingerprint density at radius 3 is 2.56 bits per heavy atom. The number of nitrogen functional groups attached to an aromatic ring is 1. The minimum Gasteiger partial charge on any atom is -0.375 e. The van der Waals surface area contributed by atoms with Crippen molar-refractivity contribution in [1.29, 1.82) is 0 Å². The number of ether oxygens (including phenoxy) is 1. The van der Waals surface area contributed by atoms with Crippen LogP contribution >= 0.6 is 23.7 Å². The van der Waals surface area contributed by atoms with E-state index in [1.54, 1.807) is 11.3 Å². The Labute approximate surface area is 157 Å². The van der Waals surface area contributed by atoms with Crippen LogP contribution in [-0.2, 0) is 17.8 Å². The highest BCUT2D eigenvalue weighted by molar-refractivity contribution is 7.15. The van der Waals surface area contributed by atoms with E-state index in [2.05, 4.69) is 24.9 Å². The molecule has 25 heavy (non-hydrogen) atoms. The van der Waals surface area contributed by atoms with Crippen molar-refractivity contribution in [3.63, 3.8) is 0 Å². The molecule has 1 unspecified atom stereocenters. The highest BCUT2D eigenvalue weighted by atomic mass is 35.5. The Balaban J connectivity index is 0.00000225. The molecule has 2 aromatic rings. The molecule has 0 amide bonds. The summed E-state index contributed by atoms with van der Waals surface area (Å²) in [4.78, 5) is 14.5. The first-order valence-electron chi connectivity index (χ1n) is 8.23. The number of anilines is 1. The fraction of sp³-hybridized carbons (Fsp3) is 0.667. The van der Waals surface area contributed by atoms with E-state index in [4.69, 9.17) is 15.0 Å². The second-order valence-electron chi connectivity index (χ2n) is 5.86. The molecule has 2 aromatic heterocycles. The monoisotopic (exact) mass is 388 g/mol. The van der Waals surface area contributed by atoms with Gasteiger partial charge in [-0.05, 0) is 13.8 Å². The third-order valence-electron chi connectivity index (χ3n) is 4.04. The van der Waals surface area contributed by atoms with Gasteiger partial charge in [-0.15, -0.1) is 23.7 Å². The number of halogens is 1. The molecule has 0 saturated carbocycles. The first-order chi connectivity index (χ1) is 11.6. The van der Waals surface area contributed by atoms with Crippen LogP contribution in [0.1, 0.15) is 36.5 Å². The summed E-state index contributed by atoms with van der Waals surface area (Å²) in [7, 11) is 0. The molecule has 0 aromatic carbocycles. The van der Waals surface area contributed by atoms with E-state index in [1.807, 2.05) is 20.0 Å². The lowest BCUT2D eigenvalue weighted by atomic mass is 10.3. The fourth-order valence-electron chi connectivity index (χ4n) is 2.73. The summed E-state index contributed by atoms with van der Waals surface area (Å²) in [6.45, 7) is 10.1. The van der Waals surface area contributed by atoms with Gasteiger partial charge < -0.3 is 15.0 Å². The van der Waals surface area contributed by atoms with Gasteiger partial charge in [0.25, 0.3) is 0 Å². The van der Waals surface area contributed by atoms with Crippen molar-refractivity contribution in [3.8, 4) is 0 Å². The van der Waals surface area contributed by atoms with Crippen LogP contribution in [0.2, 0.25) is 0 Å². The molecule has 0 bridgehead atoms. The second kappa shape index (κ2) is 9.44. The minimum atomic E-state index is -0.129. The number of hydrogen-bond acceptors (Lipinski definition) is 9. The number of thiazole rings is 1. The quantitative estimate of drug-likeness (QED) is 0.769. The molecule has 3 rings (SSSR count). The first-order valence-corrected chi connectivity index (χ1v) is 9.04. The van der Waals surface area contributed by atoms with Gasteiger partial charge in [0.15, 0.2) is 11.0 Å². The van der Waals surface area contributed by atoms with Crippen LogP contribution in [0.3, 0.4) is 0 Å². The van der Waals surface area contributed by atoms with E-state index in [1.165, 1.54) is 4.88 Å². The SMILES string of the molecule is CCOC(C)c1noc(CN2CCN(Cc3cnc(N)s3)CC2)n1.Cl. The number of nitrogens with two attached hydrogens (primary N) is 1. The van der Waals surface area contributed by atoms with E-state index >= 15 is 0 Å². The van der Waals surface area contributed by atoms with Gasteiger partial charge in [0, 0.05) is 50.4 Å². The topological polar surface area (TPSA) is 93.5 Å². The summed E-state index contributed by atoms with van der Waals surface area (Å²) >= 11 is 1.56. The molecule has 1 atom stereocenters. The molecular formula is C15H25ClN6O2S. The molecule has 1 saturated heterocycles. The third kappa shape index (κ3) is 5.61. The lowest BCUT2D eigenvalue weighted by molar-refractivity contribution is 0.0683. The summed E-state index contributed by atoms with van der Waals surface area (Å²) in [5.74, 6) is 1.27. The zero-order valence-corrected chi connectivity index (χ0v) is 16.2. The highest BCUT2D eigenvalue weighted by Gasteiger charge is 2.21. The van der Waals surface area contributed by atoms with Gasteiger partial charge in [-0.25, -0.2) is 4.98 Å². The maximum atomic E-state index is 5.68. The van der Waals surface area contributed by atoms with Crippen molar-refractivity contribution in [2.45, 2.75) is 33.0 Å². The largest absolute Gasteiger partial charge is 0.375 e. The number of aromatic nitrogens is 3. The molecule has 0 aliphatic carbocycles. The van der Waals surface area contributed by atoms with Crippen molar-refractivity contribution < 1.29 is 9.26 Å². The fourth-order valence-corrected chi connectivity index (χ4v) is 3.46. The predicted octanol–water partition coefficient (Wildman–Crippen LogP) is 1.95. The zero-order valence-electron chi connectivity index (χ0n) is 14.6. The van der Waals surface area contributed by atoms with Crippen LogP contribution in [0.15, 0.2) is 10.7 Å². The van der Waals surface area contributed by atoms with Gasteiger partial charge in [-0.1, -0.05) is 5.16 Å². The second-order valence-corrected chi connectivity index (χ2v) is 7.01. The van der Waals surface area contributed by atoms with Crippen LogP contribution in [0.25, 0.3) is 0 Å². The molecule has 10 heteroatoms. The van der Waals surface area contributed by atoms with Crippen LogP contribution in [0.4, 0.5) is 5.13 Å². The van der Waals surface area contributed by atoms with E-state index in [9.17, 15) is 0 Å². The van der Waals surface area contributed by atoms with Crippen LogP contribution < -0.4 is 5.73 Å². The van der Waals surface area contributed by atoms with Crippen molar-refractivity contribution in [1.82, 2.24) is 24.9 Å². The normalized spacial score (nSPS) is 17.4. The minimum absolute atomic E-state index is 0. The lowest BCUT2D eigenvalue weighted by Gasteiger charge is -2.33.